The zero-order chi connectivity index (χ0) is 10.1. The first-order chi connectivity index (χ1) is 6.26. The Morgan fingerprint density at radius 1 is 1.08 bits per heavy atom. The molecule has 1 N–H and O–H groups in total. The Hall–Kier alpha value is -0.0400. The van der Waals surface area contributed by atoms with Gasteiger partial charge in [0.15, 0.2) is 0 Å². The van der Waals surface area contributed by atoms with Crippen LogP contribution in [-0.4, -0.2) is 11.7 Å². The molecule has 2 atom stereocenters. The fourth-order valence-electron chi connectivity index (χ4n) is 1.87. The fourth-order valence-corrected chi connectivity index (χ4v) is 1.87. The summed E-state index contributed by atoms with van der Waals surface area (Å²) >= 11 is 0. The summed E-state index contributed by atoms with van der Waals surface area (Å²) in [5.74, 6) is 1.23. The number of rotatable bonds is 8. The van der Waals surface area contributed by atoms with Crippen molar-refractivity contribution in [3.8, 4) is 0 Å². The maximum atomic E-state index is 9.04. The van der Waals surface area contributed by atoms with Crippen molar-refractivity contribution in [3.05, 3.63) is 0 Å². The molecule has 1 nitrogen and oxygen atoms in total. The molecule has 0 spiro atoms. The molecule has 80 valence electrons. The van der Waals surface area contributed by atoms with Crippen LogP contribution in [0.15, 0.2) is 0 Å². The SMILES string of the molecule is CCCCCCC(CC)C(C)CO. The second kappa shape index (κ2) is 8.55. The van der Waals surface area contributed by atoms with Gasteiger partial charge < -0.3 is 5.11 Å². The van der Waals surface area contributed by atoms with Gasteiger partial charge in [-0.2, -0.15) is 0 Å². The van der Waals surface area contributed by atoms with E-state index >= 15 is 0 Å². The van der Waals surface area contributed by atoms with Crippen molar-refractivity contribution in [2.24, 2.45) is 11.8 Å². The minimum atomic E-state index is 0.353. The number of unbranched alkanes of at least 4 members (excludes halogenated alkanes) is 3. The molecule has 0 aliphatic carbocycles. The van der Waals surface area contributed by atoms with Crippen molar-refractivity contribution in [1.82, 2.24) is 0 Å². The highest BCUT2D eigenvalue weighted by Crippen LogP contribution is 2.22. The predicted octanol–water partition coefficient (Wildman–Crippen LogP) is 3.61. The molecule has 0 aliphatic heterocycles. The van der Waals surface area contributed by atoms with Crippen LogP contribution >= 0.6 is 0 Å². The first-order valence-corrected chi connectivity index (χ1v) is 5.87. The molecule has 0 fully saturated rings. The van der Waals surface area contributed by atoms with E-state index in [2.05, 4.69) is 20.8 Å². The molecule has 13 heavy (non-hydrogen) atoms. The van der Waals surface area contributed by atoms with E-state index in [1.165, 1.54) is 38.5 Å². The molecule has 0 bridgehead atoms. The zero-order valence-corrected chi connectivity index (χ0v) is 9.55. The number of hydrogen-bond acceptors (Lipinski definition) is 1. The summed E-state index contributed by atoms with van der Waals surface area (Å²) in [5, 5.41) is 9.04. The second-order valence-electron chi connectivity index (χ2n) is 4.18. The Bertz CT molecular complexity index is 101. The Morgan fingerprint density at radius 2 is 1.77 bits per heavy atom. The number of hydrogen-bond donors (Lipinski definition) is 1. The average Bonchev–Trinajstić information content (AvgIpc) is 2.17. The first-order valence-electron chi connectivity index (χ1n) is 5.87. The molecule has 0 saturated heterocycles. The molecule has 0 aromatic heterocycles. The van der Waals surface area contributed by atoms with Crippen LogP contribution in [0.3, 0.4) is 0 Å². The molecule has 0 aliphatic rings. The van der Waals surface area contributed by atoms with E-state index < -0.39 is 0 Å². The molecule has 0 aromatic carbocycles. The average molecular weight is 186 g/mol. The zero-order valence-electron chi connectivity index (χ0n) is 9.55. The van der Waals surface area contributed by atoms with Crippen molar-refractivity contribution < 1.29 is 5.11 Å². The van der Waals surface area contributed by atoms with Crippen LogP contribution in [0.4, 0.5) is 0 Å². The van der Waals surface area contributed by atoms with Crippen LogP contribution in [0.2, 0.25) is 0 Å². The third-order valence-electron chi connectivity index (χ3n) is 3.05. The summed E-state index contributed by atoms with van der Waals surface area (Å²) in [4.78, 5) is 0. The van der Waals surface area contributed by atoms with Crippen molar-refractivity contribution in [1.29, 1.82) is 0 Å². The third-order valence-corrected chi connectivity index (χ3v) is 3.05. The molecule has 0 radical (unpaired) electrons. The van der Waals surface area contributed by atoms with Gasteiger partial charge in [0.1, 0.15) is 0 Å². The standard InChI is InChI=1S/C12H26O/c1-4-6-7-8-9-12(5-2)11(3)10-13/h11-13H,4-10H2,1-3H3. The lowest BCUT2D eigenvalue weighted by Crippen LogP contribution is -2.14. The van der Waals surface area contributed by atoms with E-state index in [4.69, 9.17) is 5.11 Å². The Morgan fingerprint density at radius 3 is 2.23 bits per heavy atom. The Kier molecular flexibility index (Phi) is 8.53. The van der Waals surface area contributed by atoms with Crippen molar-refractivity contribution >= 4 is 0 Å². The van der Waals surface area contributed by atoms with Crippen LogP contribution in [0, 0.1) is 11.8 Å². The quantitative estimate of drug-likeness (QED) is 0.574. The summed E-state index contributed by atoms with van der Waals surface area (Å²) in [5.41, 5.74) is 0. The fraction of sp³-hybridized carbons (Fsp3) is 1.00. The molecular formula is C12H26O. The third kappa shape index (κ3) is 6.09. The molecule has 2 unspecified atom stereocenters. The molecule has 1 heteroatoms. The maximum absolute atomic E-state index is 9.04. The van der Waals surface area contributed by atoms with Gasteiger partial charge in [-0.1, -0.05) is 59.3 Å². The van der Waals surface area contributed by atoms with E-state index in [0.29, 0.717) is 12.5 Å². The van der Waals surface area contributed by atoms with Gasteiger partial charge in [0.05, 0.1) is 0 Å². The molecule has 0 rings (SSSR count). The van der Waals surface area contributed by atoms with Gasteiger partial charge >= 0.3 is 0 Å². The van der Waals surface area contributed by atoms with Gasteiger partial charge in [-0.25, -0.2) is 0 Å². The van der Waals surface area contributed by atoms with Gasteiger partial charge in [-0.15, -0.1) is 0 Å². The van der Waals surface area contributed by atoms with Gasteiger partial charge in [0, 0.05) is 6.61 Å². The van der Waals surface area contributed by atoms with Crippen molar-refractivity contribution in [2.45, 2.75) is 59.3 Å². The minimum Gasteiger partial charge on any atom is -0.396 e. The molecule has 0 heterocycles. The van der Waals surface area contributed by atoms with Crippen LogP contribution in [-0.2, 0) is 0 Å². The lowest BCUT2D eigenvalue weighted by atomic mass is 9.87. The van der Waals surface area contributed by atoms with Gasteiger partial charge in [0.2, 0.25) is 0 Å². The van der Waals surface area contributed by atoms with Crippen LogP contribution in [0.5, 0.6) is 0 Å². The van der Waals surface area contributed by atoms with Crippen LogP contribution < -0.4 is 0 Å². The largest absolute Gasteiger partial charge is 0.396 e. The number of aliphatic hydroxyl groups is 1. The lowest BCUT2D eigenvalue weighted by molar-refractivity contribution is 0.177. The molecule has 0 saturated carbocycles. The maximum Gasteiger partial charge on any atom is 0.0459 e. The van der Waals surface area contributed by atoms with Crippen LogP contribution in [0.1, 0.15) is 59.3 Å². The summed E-state index contributed by atoms with van der Waals surface area (Å²) in [7, 11) is 0. The van der Waals surface area contributed by atoms with E-state index in [1.54, 1.807) is 0 Å². The molecule has 0 amide bonds. The molecular weight excluding hydrogens is 160 g/mol. The first kappa shape index (κ1) is 13.0. The lowest BCUT2D eigenvalue weighted by Gasteiger charge is -2.20. The molecule has 0 aromatic rings. The highest BCUT2D eigenvalue weighted by molar-refractivity contribution is 4.64. The summed E-state index contributed by atoms with van der Waals surface area (Å²) < 4.78 is 0. The summed E-state index contributed by atoms with van der Waals surface area (Å²) in [6.07, 6.45) is 7.91. The second-order valence-corrected chi connectivity index (χ2v) is 4.18. The van der Waals surface area contributed by atoms with Gasteiger partial charge in [-0.3, -0.25) is 0 Å². The highest BCUT2D eigenvalue weighted by Gasteiger charge is 2.13. The number of aliphatic hydroxyl groups excluding tert-OH is 1. The monoisotopic (exact) mass is 186 g/mol. The van der Waals surface area contributed by atoms with Crippen LogP contribution in [0.25, 0.3) is 0 Å². The topological polar surface area (TPSA) is 20.2 Å². The summed E-state index contributed by atoms with van der Waals surface area (Å²) in [6.45, 7) is 6.99. The summed E-state index contributed by atoms with van der Waals surface area (Å²) in [6, 6.07) is 0. The van der Waals surface area contributed by atoms with Crippen molar-refractivity contribution in [3.63, 3.8) is 0 Å². The van der Waals surface area contributed by atoms with Gasteiger partial charge in [0.25, 0.3) is 0 Å². The minimum absolute atomic E-state index is 0.353. The van der Waals surface area contributed by atoms with E-state index in [1.807, 2.05) is 0 Å². The normalized spacial score (nSPS) is 15.7. The van der Waals surface area contributed by atoms with Gasteiger partial charge in [-0.05, 0) is 11.8 Å². The van der Waals surface area contributed by atoms with E-state index in [-0.39, 0.29) is 0 Å². The van der Waals surface area contributed by atoms with E-state index in [9.17, 15) is 0 Å². The predicted molar refractivity (Wildman–Crippen MR) is 58.8 cm³/mol. The smallest absolute Gasteiger partial charge is 0.0459 e. The Balaban J connectivity index is 3.47. The Labute approximate surface area is 83.5 Å². The van der Waals surface area contributed by atoms with Crippen molar-refractivity contribution in [2.75, 3.05) is 6.61 Å². The highest BCUT2D eigenvalue weighted by atomic mass is 16.3. The van der Waals surface area contributed by atoms with E-state index in [0.717, 1.165) is 5.92 Å².